The number of unbranched alkanes of at least 4 members (excludes halogenated alkanes) is 3. The second-order valence-corrected chi connectivity index (χ2v) is 10.3. The zero-order valence-electron chi connectivity index (χ0n) is 21.4. The largest absolute Gasteiger partial charge is 0.361 e. The van der Waals surface area contributed by atoms with Gasteiger partial charge in [-0.15, -0.1) is 12.4 Å². The Morgan fingerprint density at radius 2 is 1.66 bits per heavy atom. The number of hydrogen-bond acceptors (Lipinski definition) is 2. The predicted octanol–water partition coefficient (Wildman–Crippen LogP) is 6.85. The molecule has 2 N–H and O–H groups in total. The van der Waals surface area contributed by atoms with Crippen LogP contribution in [-0.2, 0) is 16.8 Å². The van der Waals surface area contributed by atoms with Crippen LogP contribution in [0.3, 0.4) is 0 Å². The summed E-state index contributed by atoms with van der Waals surface area (Å²) in [7, 11) is 4.39. The monoisotopic (exact) mass is 495 g/mol. The van der Waals surface area contributed by atoms with Gasteiger partial charge in [0.15, 0.2) is 0 Å². The molecule has 1 saturated carbocycles. The van der Waals surface area contributed by atoms with Crippen LogP contribution in [0.5, 0.6) is 0 Å². The molecule has 2 aromatic carbocycles. The number of para-hydroxylation sites is 1. The third kappa shape index (κ3) is 6.89. The lowest BCUT2D eigenvalue weighted by Gasteiger charge is -2.45. The Balaban J connectivity index is 0.00000342. The lowest BCUT2D eigenvalue weighted by Crippen LogP contribution is -2.44. The van der Waals surface area contributed by atoms with Crippen molar-refractivity contribution < 1.29 is 4.79 Å². The smallest absolute Gasteiger partial charge is 0.220 e. The first kappa shape index (κ1) is 27.3. The Bertz CT molecular complexity index is 1040. The first-order valence-electron chi connectivity index (χ1n) is 13.1. The number of aromatic nitrogens is 1. The summed E-state index contributed by atoms with van der Waals surface area (Å²) < 4.78 is 0. The number of fused-ring (bicyclic) bond motifs is 1. The molecule has 1 aliphatic carbocycles. The summed E-state index contributed by atoms with van der Waals surface area (Å²) in [6.07, 6.45) is 13.1. The van der Waals surface area contributed by atoms with Gasteiger partial charge in [-0.3, -0.25) is 9.69 Å². The highest BCUT2D eigenvalue weighted by Crippen LogP contribution is 2.43. The molecule has 0 saturated heterocycles. The SMILES string of the molecule is CN(C)C1(c2ccccc2)CCC(CC(=O)NCCCCCCc2c[nH]c3ccccc23)CC1.Cl. The summed E-state index contributed by atoms with van der Waals surface area (Å²) in [5, 5.41) is 4.53. The number of rotatable bonds is 11. The summed E-state index contributed by atoms with van der Waals surface area (Å²) in [6, 6.07) is 19.4. The number of nitrogens with one attached hydrogen (secondary N) is 2. The van der Waals surface area contributed by atoms with Gasteiger partial charge in [0.1, 0.15) is 0 Å². The molecule has 5 heteroatoms. The number of aromatic amines is 1. The molecule has 1 heterocycles. The fourth-order valence-electron chi connectivity index (χ4n) is 5.80. The number of amides is 1. The predicted molar refractivity (Wildman–Crippen MR) is 149 cm³/mol. The van der Waals surface area contributed by atoms with E-state index in [-0.39, 0.29) is 23.9 Å². The van der Waals surface area contributed by atoms with Gasteiger partial charge in [0.2, 0.25) is 5.91 Å². The highest BCUT2D eigenvalue weighted by atomic mass is 35.5. The Morgan fingerprint density at radius 1 is 0.971 bits per heavy atom. The van der Waals surface area contributed by atoms with Gasteiger partial charge < -0.3 is 10.3 Å². The number of halogens is 1. The molecular formula is C30H42ClN3O. The average Bonchev–Trinajstić information content (AvgIpc) is 3.27. The number of nitrogens with zero attached hydrogens (tertiary/aromatic N) is 1. The van der Waals surface area contributed by atoms with Crippen molar-refractivity contribution in [1.82, 2.24) is 15.2 Å². The van der Waals surface area contributed by atoms with Crippen LogP contribution in [-0.4, -0.2) is 36.4 Å². The molecule has 1 aromatic heterocycles. The van der Waals surface area contributed by atoms with E-state index in [1.165, 1.54) is 41.3 Å². The topological polar surface area (TPSA) is 48.1 Å². The van der Waals surface area contributed by atoms with Crippen LogP contribution in [0, 0.1) is 5.92 Å². The molecule has 4 rings (SSSR count). The number of hydrogen-bond donors (Lipinski definition) is 2. The van der Waals surface area contributed by atoms with Gasteiger partial charge in [0.25, 0.3) is 0 Å². The fourth-order valence-corrected chi connectivity index (χ4v) is 5.80. The van der Waals surface area contributed by atoms with Crippen molar-refractivity contribution in [3.8, 4) is 0 Å². The van der Waals surface area contributed by atoms with E-state index >= 15 is 0 Å². The third-order valence-corrected chi connectivity index (χ3v) is 7.94. The summed E-state index contributed by atoms with van der Waals surface area (Å²) in [5.74, 6) is 0.744. The molecule has 0 unspecified atom stereocenters. The molecule has 4 nitrogen and oxygen atoms in total. The highest BCUT2D eigenvalue weighted by Gasteiger charge is 2.38. The van der Waals surface area contributed by atoms with Gasteiger partial charge in [0, 0.05) is 35.6 Å². The number of carbonyl (C=O) groups excluding carboxylic acids is 1. The van der Waals surface area contributed by atoms with Crippen molar-refractivity contribution in [2.75, 3.05) is 20.6 Å². The van der Waals surface area contributed by atoms with Gasteiger partial charge in [-0.1, -0.05) is 61.4 Å². The molecule has 1 amide bonds. The molecule has 3 aromatic rings. The van der Waals surface area contributed by atoms with E-state index in [2.05, 4.69) is 90.1 Å². The lowest BCUT2D eigenvalue weighted by atomic mass is 9.71. The first-order chi connectivity index (χ1) is 16.6. The van der Waals surface area contributed by atoms with Gasteiger partial charge in [0.05, 0.1) is 0 Å². The van der Waals surface area contributed by atoms with E-state index in [4.69, 9.17) is 0 Å². The second-order valence-electron chi connectivity index (χ2n) is 10.3. The Labute approximate surface area is 217 Å². The molecule has 0 bridgehead atoms. The maximum Gasteiger partial charge on any atom is 0.220 e. The van der Waals surface area contributed by atoms with Crippen LogP contribution >= 0.6 is 12.4 Å². The summed E-state index contributed by atoms with van der Waals surface area (Å²) in [4.78, 5) is 18.3. The highest BCUT2D eigenvalue weighted by molar-refractivity contribution is 5.85. The lowest BCUT2D eigenvalue weighted by molar-refractivity contribution is -0.122. The molecular weight excluding hydrogens is 454 g/mol. The Morgan fingerprint density at radius 3 is 2.40 bits per heavy atom. The minimum atomic E-state index is 0. The van der Waals surface area contributed by atoms with E-state index in [0.717, 1.165) is 45.1 Å². The van der Waals surface area contributed by atoms with Crippen LogP contribution in [0.4, 0.5) is 0 Å². The van der Waals surface area contributed by atoms with Crippen molar-refractivity contribution in [2.24, 2.45) is 5.92 Å². The maximum atomic E-state index is 12.5. The van der Waals surface area contributed by atoms with Crippen molar-refractivity contribution in [3.05, 3.63) is 71.9 Å². The van der Waals surface area contributed by atoms with Crippen molar-refractivity contribution >= 4 is 29.2 Å². The number of H-pyrrole nitrogens is 1. The van der Waals surface area contributed by atoms with E-state index in [0.29, 0.717) is 12.3 Å². The van der Waals surface area contributed by atoms with Crippen LogP contribution < -0.4 is 5.32 Å². The van der Waals surface area contributed by atoms with Crippen molar-refractivity contribution in [3.63, 3.8) is 0 Å². The van der Waals surface area contributed by atoms with Crippen molar-refractivity contribution in [1.29, 1.82) is 0 Å². The van der Waals surface area contributed by atoms with E-state index in [1.54, 1.807) is 0 Å². The summed E-state index contributed by atoms with van der Waals surface area (Å²) in [6.45, 7) is 0.810. The quantitative estimate of drug-likeness (QED) is 0.286. The number of aryl methyl sites for hydroxylation is 1. The second kappa shape index (κ2) is 13.1. The molecule has 1 aliphatic rings. The third-order valence-electron chi connectivity index (χ3n) is 7.94. The normalized spacial score (nSPS) is 20.0. The molecule has 0 radical (unpaired) electrons. The maximum absolute atomic E-state index is 12.5. The molecule has 0 aliphatic heterocycles. The van der Waals surface area contributed by atoms with Gasteiger partial charge in [-0.2, -0.15) is 0 Å². The van der Waals surface area contributed by atoms with Crippen molar-refractivity contribution in [2.45, 2.75) is 69.7 Å². The molecule has 190 valence electrons. The van der Waals surface area contributed by atoms with Crippen LogP contribution in [0.15, 0.2) is 60.8 Å². The van der Waals surface area contributed by atoms with Crippen LogP contribution in [0.25, 0.3) is 10.9 Å². The number of benzene rings is 2. The molecule has 35 heavy (non-hydrogen) atoms. The molecule has 0 atom stereocenters. The van der Waals surface area contributed by atoms with Crippen LogP contribution in [0.2, 0.25) is 0 Å². The average molecular weight is 496 g/mol. The minimum Gasteiger partial charge on any atom is -0.361 e. The minimum absolute atomic E-state index is 0. The van der Waals surface area contributed by atoms with Gasteiger partial charge in [-0.05, 0) is 82.2 Å². The standard InChI is InChI=1S/C30H41N3O.ClH/c1-33(2)30(26-13-7-5-8-14-26)19-17-24(18-20-30)22-29(34)31-21-11-4-3-6-12-25-23-32-28-16-10-9-15-27(25)28;/h5,7-10,13-16,23-24,32H,3-4,6,11-12,17-22H2,1-2H3,(H,31,34);1H. The first-order valence-corrected chi connectivity index (χ1v) is 13.1. The molecule has 1 fully saturated rings. The van der Waals surface area contributed by atoms with Crippen LogP contribution in [0.1, 0.15) is 68.9 Å². The van der Waals surface area contributed by atoms with E-state index < -0.39 is 0 Å². The van der Waals surface area contributed by atoms with Gasteiger partial charge in [-0.25, -0.2) is 0 Å². The molecule has 0 spiro atoms. The Kier molecular flexibility index (Phi) is 10.2. The summed E-state index contributed by atoms with van der Waals surface area (Å²) in [5.41, 5.74) is 4.17. The zero-order valence-corrected chi connectivity index (χ0v) is 22.2. The number of carbonyl (C=O) groups is 1. The van der Waals surface area contributed by atoms with E-state index in [9.17, 15) is 4.79 Å². The van der Waals surface area contributed by atoms with E-state index in [1.807, 2.05) is 0 Å². The Hall–Kier alpha value is -2.30. The van der Waals surface area contributed by atoms with Gasteiger partial charge >= 0.3 is 0 Å². The summed E-state index contributed by atoms with van der Waals surface area (Å²) >= 11 is 0. The zero-order chi connectivity index (χ0) is 23.8. The fraction of sp³-hybridized carbons (Fsp3) is 0.500.